The van der Waals surface area contributed by atoms with Crippen LogP contribution in [0.3, 0.4) is 0 Å². The molecule has 0 atom stereocenters. The molecule has 0 spiro atoms. The molecule has 0 bridgehead atoms. The minimum atomic E-state index is -0.109. The van der Waals surface area contributed by atoms with Gasteiger partial charge in [0.2, 0.25) is 0 Å². The first-order valence-corrected chi connectivity index (χ1v) is 6.93. The quantitative estimate of drug-likeness (QED) is 0.826. The summed E-state index contributed by atoms with van der Waals surface area (Å²) in [5.41, 5.74) is 1.42. The summed E-state index contributed by atoms with van der Waals surface area (Å²) >= 11 is 0. The first-order valence-electron chi connectivity index (χ1n) is 6.93. The van der Waals surface area contributed by atoms with E-state index in [1.54, 1.807) is 18.5 Å². The Morgan fingerprint density at radius 3 is 2.86 bits per heavy atom. The van der Waals surface area contributed by atoms with Crippen molar-refractivity contribution >= 4 is 11.7 Å². The number of aryl methyl sites for hydroxylation is 2. The third kappa shape index (κ3) is 4.01. The summed E-state index contributed by atoms with van der Waals surface area (Å²) < 4.78 is 1.84. The molecule has 7 nitrogen and oxygen atoms in total. The van der Waals surface area contributed by atoms with Gasteiger partial charge in [0, 0.05) is 37.8 Å². The highest BCUT2D eigenvalue weighted by Crippen LogP contribution is 2.10. The summed E-state index contributed by atoms with van der Waals surface area (Å²) in [6.45, 7) is 5.15. The van der Waals surface area contributed by atoms with Gasteiger partial charge in [0.15, 0.2) is 0 Å². The lowest BCUT2D eigenvalue weighted by molar-refractivity contribution is 0.0953. The fourth-order valence-electron chi connectivity index (χ4n) is 1.99. The Kier molecular flexibility index (Phi) is 4.86. The smallest absolute Gasteiger partial charge is 0.251 e. The maximum absolute atomic E-state index is 12.2. The van der Waals surface area contributed by atoms with Crippen LogP contribution in [0, 0.1) is 6.92 Å². The second-order valence-electron chi connectivity index (χ2n) is 4.78. The lowest BCUT2D eigenvalue weighted by atomic mass is 10.2. The highest BCUT2D eigenvalue weighted by atomic mass is 16.1. The first-order chi connectivity index (χ1) is 10.1. The number of anilines is 1. The topological polar surface area (TPSA) is 84.7 Å². The van der Waals surface area contributed by atoms with Gasteiger partial charge in [-0.05, 0) is 26.0 Å². The van der Waals surface area contributed by atoms with E-state index in [0.29, 0.717) is 18.5 Å². The molecule has 7 heteroatoms. The normalized spacial score (nSPS) is 10.4. The summed E-state index contributed by atoms with van der Waals surface area (Å²) in [6, 6.07) is 3.53. The lowest BCUT2D eigenvalue weighted by Gasteiger charge is -2.08. The third-order valence-electron chi connectivity index (χ3n) is 3.01. The Hall–Kier alpha value is -2.44. The molecule has 0 unspecified atom stereocenters. The Morgan fingerprint density at radius 1 is 1.38 bits per heavy atom. The Labute approximate surface area is 123 Å². The van der Waals surface area contributed by atoms with Crippen molar-refractivity contribution in [2.24, 2.45) is 7.05 Å². The van der Waals surface area contributed by atoms with Crippen molar-refractivity contribution in [1.29, 1.82) is 0 Å². The highest BCUT2D eigenvalue weighted by molar-refractivity contribution is 5.95. The predicted molar refractivity (Wildman–Crippen MR) is 80.2 cm³/mol. The standard InChI is InChI=1S/C14H20N6O/c1-4-15-12-8-11(7-10(2)18-12)14(21)16-6-5-13-19-17-9-20(13)3/h7-9H,4-6H2,1-3H3,(H,15,18)(H,16,21). The molecule has 0 saturated heterocycles. The van der Waals surface area contributed by atoms with Crippen LogP contribution in [0.15, 0.2) is 18.5 Å². The maximum Gasteiger partial charge on any atom is 0.251 e. The number of aromatic nitrogens is 4. The number of nitrogens with zero attached hydrogens (tertiary/aromatic N) is 4. The van der Waals surface area contributed by atoms with Gasteiger partial charge in [0.05, 0.1) is 0 Å². The number of hydrogen-bond acceptors (Lipinski definition) is 5. The Balaban J connectivity index is 1.95. The van der Waals surface area contributed by atoms with Crippen LogP contribution in [0.4, 0.5) is 5.82 Å². The van der Waals surface area contributed by atoms with E-state index in [2.05, 4.69) is 25.8 Å². The van der Waals surface area contributed by atoms with Crippen LogP contribution in [-0.4, -0.2) is 38.7 Å². The van der Waals surface area contributed by atoms with Crippen molar-refractivity contribution in [1.82, 2.24) is 25.1 Å². The fourth-order valence-corrected chi connectivity index (χ4v) is 1.99. The molecule has 0 aliphatic heterocycles. The molecule has 0 radical (unpaired) electrons. The van der Waals surface area contributed by atoms with Gasteiger partial charge in [-0.15, -0.1) is 10.2 Å². The summed E-state index contributed by atoms with van der Waals surface area (Å²) in [4.78, 5) is 16.5. The van der Waals surface area contributed by atoms with Crippen molar-refractivity contribution in [2.75, 3.05) is 18.4 Å². The molecule has 2 aromatic heterocycles. The van der Waals surface area contributed by atoms with Crippen molar-refractivity contribution in [3.8, 4) is 0 Å². The summed E-state index contributed by atoms with van der Waals surface area (Å²) in [5.74, 6) is 1.45. The molecular formula is C14H20N6O. The number of hydrogen-bond donors (Lipinski definition) is 2. The zero-order chi connectivity index (χ0) is 15.2. The zero-order valence-electron chi connectivity index (χ0n) is 12.6. The van der Waals surface area contributed by atoms with Crippen LogP contribution in [0.5, 0.6) is 0 Å². The maximum atomic E-state index is 12.2. The molecule has 2 heterocycles. The minimum Gasteiger partial charge on any atom is -0.370 e. The van der Waals surface area contributed by atoms with E-state index in [1.165, 1.54) is 0 Å². The van der Waals surface area contributed by atoms with Crippen molar-refractivity contribution in [3.05, 3.63) is 35.5 Å². The number of nitrogens with one attached hydrogen (secondary N) is 2. The number of carbonyl (C=O) groups excluding carboxylic acids is 1. The molecule has 2 aromatic rings. The number of pyridine rings is 1. The molecule has 2 N–H and O–H groups in total. The third-order valence-corrected chi connectivity index (χ3v) is 3.01. The van der Waals surface area contributed by atoms with Gasteiger partial charge in [-0.3, -0.25) is 4.79 Å². The van der Waals surface area contributed by atoms with Crippen molar-refractivity contribution in [2.45, 2.75) is 20.3 Å². The number of amides is 1. The Bertz CT molecular complexity index is 622. The van der Waals surface area contributed by atoms with Gasteiger partial charge in [0.25, 0.3) is 5.91 Å². The molecular weight excluding hydrogens is 268 g/mol. The van der Waals surface area contributed by atoms with Gasteiger partial charge in [-0.1, -0.05) is 0 Å². The van der Waals surface area contributed by atoms with Crippen LogP contribution in [0.1, 0.15) is 28.8 Å². The first kappa shape index (κ1) is 15.0. The summed E-state index contributed by atoms with van der Waals surface area (Å²) in [6.07, 6.45) is 2.29. The van der Waals surface area contributed by atoms with Gasteiger partial charge >= 0.3 is 0 Å². The van der Waals surface area contributed by atoms with Crippen LogP contribution in [0.25, 0.3) is 0 Å². The van der Waals surface area contributed by atoms with E-state index in [0.717, 1.165) is 23.9 Å². The minimum absolute atomic E-state index is 0.109. The number of rotatable bonds is 6. The van der Waals surface area contributed by atoms with Gasteiger partial charge < -0.3 is 15.2 Å². The molecule has 2 rings (SSSR count). The second-order valence-corrected chi connectivity index (χ2v) is 4.78. The molecule has 0 aliphatic carbocycles. The van der Waals surface area contributed by atoms with Gasteiger partial charge in [-0.2, -0.15) is 0 Å². The van der Waals surface area contributed by atoms with E-state index >= 15 is 0 Å². The van der Waals surface area contributed by atoms with E-state index in [4.69, 9.17) is 0 Å². The molecule has 112 valence electrons. The van der Waals surface area contributed by atoms with Gasteiger partial charge in [-0.25, -0.2) is 4.98 Å². The zero-order valence-corrected chi connectivity index (χ0v) is 12.6. The predicted octanol–water partition coefficient (Wildman–Crippen LogP) is 0.923. The molecule has 0 fully saturated rings. The van der Waals surface area contributed by atoms with Crippen molar-refractivity contribution < 1.29 is 4.79 Å². The monoisotopic (exact) mass is 288 g/mol. The van der Waals surface area contributed by atoms with Crippen LogP contribution in [-0.2, 0) is 13.5 Å². The van der Waals surface area contributed by atoms with Crippen molar-refractivity contribution in [3.63, 3.8) is 0 Å². The van der Waals surface area contributed by atoms with E-state index in [1.807, 2.05) is 25.5 Å². The largest absolute Gasteiger partial charge is 0.370 e. The van der Waals surface area contributed by atoms with E-state index < -0.39 is 0 Å². The molecule has 0 aliphatic rings. The van der Waals surface area contributed by atoms with Crippen LogP contribution in [0.2, 0.25) is 0 Å². The lowest BCUT2D eigenvalue weighted by Crippen LogP contribution is -2.26. The molecule has 0 aromatic carbocycles. The second kappa shape index (κ2) is 6.83. The molecule has 0 saturated carbocycles. The summed E-state index contributed by atoms with van der Waals surface area (Å²) in [7, 11) is 1.88. The molecule has 21 heavy (non-hydrogen) atoms. The van der Waals surface area contributed by atoms with Crippen LogP contribution >= 0.6 is 0 Å². The summed E-state index contributed by atoms with van der Waals surface area (Å²) in [5, 5.41) is 13.8. The average Bonchev–Trinajstić information content (AvgIpc) is 2.84. The van der Waals surface area contributed by atoms with Gasteiger partial charge in [0.1, 0.15) is 18.0 Å². The average molecular weight is 288 g/mol. The van der Waals surface area contributed by atoms with E-state index in [-0.39, 0.29) is 5.91 Å². The van der Waals surface area contributed by atoms with E-state index in [9.17, 15) is 4.79 Å². The highest BCUT2D eigenvalue weighted by Gasteiger charge is 2.09. The molecule has 1 amide bonds. The van der Waals surface area contributed by atoms with Crippen LogP contribution < -0.4 is 10.6 Å². The SMILES string of the molecule is CCNc1cc(C(=O)NCCc2nncn2C)cc(C)n1. The number of carbonyl (C=O) groups is 1. The fraction of sp³-hybridized carbons (Fsp3) is 0.429. The Morgan fingerprint density at radius 2 is 2.19 bits per heavy atom.